The van der Waals surface area contributed by atoms with E-state index in [-0.39, 0.29) is 13.2 Å². The van der Waals surface area contributed by atoms with Crippen LogP contribution in [0.5, 0.6) is 0 Å². The first-order valence-corrected chi connectivity index (χ1v) is 6.51. The molecule has 3 unspecified atom stereocenters. The van der Waals surface area contributed by atoms with E-state index in [4.69, 9.17) is 14.2 Å². The minimum atomic E-state index is -1.67. The zero-order chi connectivity index (χ0) is 16.2. The van der Waals surface area contributed by atoms with Gasteiger partial charge in [-0.3, -0.25) is 19.7 Å². The lowest BCUT2D eigenvalue weighted by Crippen LogP contribution is -2.44. The van der Waals surface area contributed by atoms with Gasteiger partial charge in [-0.25, -0.2) is 0 Å². The van der Waals surface area contributed by atoms with E-state index in [9.17, 15) is 24.8 Å². The molecule has 3 atom stereocenters. The average molecular weight is 305 g/mol. The number of hydrogen-bond donors (Lipinski definition) is 1. The summed E-state index contributed by atoms with van der Waals surface area (Å²) in [7, 11) is 0. The van der Waals surface area contributed by atoms with Crippen LogP contribution in [0, 0.1) is 22.0 Å². The molecule has 0 aromatic heterocycles. The molecular formula is C12H19NO8. The summed E-state index contributed by atoms with van der Waals surface area (Å²) in [5, 5.41) is 20.0. The number of carboxylic acid groups (broad SMARTS) is 1. The second-order valence-electron chi connectivity index (χ2n) is 5.11. The molecule has 0 bridgehead atoms. The second-order valence-corrected chi connectivity index (χ2v) is 5.11. The molecule has 0 aromatic carbocycles. The van der Waals surface area contributed by atoms with Gasteiger partial charge in [0.05, 0.1) is 25.2 Å². The van der Waals surface area contributed by atoms with Crippen molar-refractivity contribution in [2.45, 2.75) is 32.7 Å². The third kappa shape index (κ3) is 4.64. The molecule has 0 amide bonds. The minimum Gasteiger partial charge on any atom is -0.481 e. The highest BCUT2D eigenvalue weighted by Crippen LogP contribution is 2.31. The van der Waals surface area contributed by atoms with Crippen molar-refractivity contribution in [2.75, 3.05) is 19.8 Å². The van der Waals surface area contributed by atoms with Crippen LogP contribution in [0.3, 0.4) is 0 Å². The molecule has 9 heteroatoms. The second kappa shape index (κ2) is 6.81. The first-order valence-electron chi connectivity index (χ1n) is 6.51. The Morgan fingerprint density at radius 2 is 2.14 bits per heavy atom. The van der Waals surface area contributed by atoms with Gasteiger partial charge in [0.2, 0.25) is 6.54 Å². The zero-order valence-corrected chi connectivity index (χ0v) is 12.1. The van der Waals surface area contributed by atoms with E-state index in [1.165, 1.54) is 6.92 Å². The van der Waals surface area contributed by atoms with E-state index in [1.807, 2.05) is 0 Å². The van der Waals surface area contributed by atoms with Crippen molar-refractivity contribution in [3.05, 3.63) is 10.1 Å². The number of nitro groups is 1. The van der Waals surface area contributed by atoms with Crippen molar-refractivity contribution in [1.29, 1.82) is 0 Å². The van der Waals surface area contributed by atoms with Crippen molar-refractivity contribution < 1.29 is 33.8 Å². The van der Waals surface area contributed by atoms with Crippen molar-refractivity contribution in [2.24, 2.45) is 11.8 Å². The van der Waals surface area contributed by atoms with E-state index < -0.39 is 47.1 Å². The van der Waals surface area contributed by atoms with Crippen LogP contribution < -0.4 is 0 Å². The van der Waals surface area contributed by atoms with E-state index in [0.717, 1.165) is 0 Å². The van der Waals surface area contributed by atoms with Crippen LogP contribution in [-0.4, -0.2) is 53.6 Å². The van der Waals surface area contributed by atoms with Crippen molar-refractivity contribution in [3.8, 4) is 0 Å². The quantitative estimate of drug-likeness (QED) is 0.308. The normalized spacial score (nSPS) is 23.3. The Labute approximate surface area is 121 Å². The molecule has 0 aromatic rings. The van der Waals surface area contributed by atoms with Crippen LogP contribution in [-0.2, 0) is 23.8 Å². The highest BCUT2D eigenvalue weighted by molar-refractivity contribution is 5.94. The number of ether oxygens (including phenoxy) is 3. The number of hydrogen-bond acceptors (Lipinski definition) is 7. The topological polar surface area (TPSA) is 125 Å². The molecule has 0 spiro atoms. The maximum absolute atomic E-state index is 11.8. The van der Waals surface area contributed by atoms with Crippen LogP contribution >= 0.6 is 0 Å². The van der Waals surface area contributed by atoms with Gasteiger partial charge in [0.25, 0.3) is 0 Å². The van der Waals surface area contributed by atoms with E-state index in [2.05, 4.69) is 0 Å². The highest BCUT2D eigenvalue weighted by atomic mass is 16.7. The Balaban J connectivity index is 3.00. The smallest absolute Gasteiger partial charge is 0.320 e. The van der Waals surface area contributed by atoms with Gasteiger partial charge in [-0.15, -0.1) is 0 Å². The van der Waals surface area contributed by atoms with Gasteiger partial charge in [-0.2, -0.15) is 0 Å². The van der Waals surface area contributed by atoms with Crippen LogP contribution in [0.2, 0.25) is 0 Å². The minimum absolute atomic E-state index is 0.0126. The van der Waals surface area contributed by atoms with Gasteiger partial charge in [-0.05, 0) is 20.8 Å². The first kappa shape index (κ1) is 17.3. The summed E-state index contributed by atoms with van der Waals surface area (Å²) in [6, 6.07) is 0. The molecule has 1 N–H and O–H groups in total. The van der Waals surface area contributed by atoms with Crippen LogP contribution in [0.15, 0.2) is 0 Å². The number of carboxylic acids is 1. The van der Waals surface area contributed by atoms with Crippen LogP contribution in [0.4, 0.5) is 0 Å². The fraction of sp³-hybridized carbons (Fsp3) is 0.833. The Hall–Kier alpha value is -1.74. The van der Waals surface area contributed by atoms with Crippen LogP contribution in [0.1, 0.15) is 20.8 Å². The lowest BCUT2D eigenvalue weighted by Gasteiger charge is -2.25. The molecule has 1 aliphatic rings. The Morgan fingerprint density at radius 3 is 2.52 bits per heavy atom. The molecule has 21 heavy (non-hydrogen) atoms. The molecule has 1 saturated heterocycles. The fourth-order valence-electron chi connectivity index (χ4n) is 2.23. The van der Waals surface area contributed by atoms with Crippen molar-refractivity contribution in [3.63, 3.8) is 0 Å². The van der Waals surface area contributed by atoms with Gasteiger partial charge in [-0.1, -0.05) is 0 Å². The third-order valence-corrected chi connectivity index (χ3v) is 3.10. The number of rotatable bonds is 7. The Kier molecular flexibility index (Phi) is 5.62. The van der Waals surface area contributed by atoms with Gasteiger partial charge in [0, 0.05) is 4.92 Å². The number of nitrogens with zero attached hydrogens (tertiary/aromatic N) is 1. The summed E-state index contributed by atoms with van der Waals surface area (Å²) >= 11 is 0. The summed E-state index contributed by atoms with van der Waals surface area (Å²) in [6.07, 6.45) is -0.865. The number of esters is 1. The van der Waals surface area contributed by atoms with Gasteiger partial charge in [0.1, 0.15) is 0 Å². The molecule has 1 aliphatic heterocycles. The molecule has 0 aliphatic carbocycles. The van der Waals surface area contributed by atoms with E-state index in [0.29, 0.717) is 0 Å². The zero-order valence-electron chi connectivity index (χ0n) is 12.1. The molecule has 0 saturated carbocycles. The molecule has 1 fully saturated rings. The lowest BCUT2D eigenvalue weighted by molar-refractivity contribution is -0.491. The lowest BCUT2D eigenvalue weighted by atomic mass is 9.87. The van der Waals surface area contributed by atoms with Gasteiger partial charge >= 0.3 is 11.9 Å². The van der Waals surface area contributed by atoms with Crippen molar-refractivity contribution in [1.82, 2.24) is 0 Å². The maximum atomic E-state index is 11.8. The summed E-state index contributed by atoms with van der Waals surface area (Å²) in [5.41, 5.74) is 0. The summed E-state index contributed by atoms with van der Waals surface area (Å²) in [6.45, 7) is 3.99. The molecule has 1 heterocycles. The van der Waals surface area contributed by atoms with E-state index >= 15 is 0 Å². The monoisotopic (exact) mass is 305 g/mol. The molecule has 1 rings (SSSR count). The fourth-order valence-corrected chi connectivity index (χ4v) is 2.23. The number of carbonyl (C=O) groups excluding carboxylic acids is 1. The average Bonchev–Trinajstić information content (AvgIpc) is 2.68. The Morgan fingerprint density at radius 1 is 1.52 bits per heavy atom. The highest BCUT2D eigenvalue weighted by Gasteiger charge is 2.48. The third-order valence-electron chi connectivity index (χ3n) is 3.10. The summed E-state index contributed by atoms with van der Waals surface area (Å²) < 4.78 is 15.5. The van der Waals surface area contributed by atoms with Crippen LogP contribution in [0.25, 0.3) is 0 Å². The predicted molar refractivity (Wildman–Crippen MR) is 68.0 cm³/mol. The maximum Gasteiger partial charge on any atom is 0.320 e. The standard InChI is InChI=1S/C12H19NO8/c1-4-19-11(16)9(10(14)15)7(5-13(17)18)8-6-20-12(2,3)21-8/h7-9H,4-6H2,1-3H3,(H,14,15). The van der Waals surface area contributed by atoms with Gasteiger partial charge in [0.15, 0.2) is 11.7 Å². The largest absolute Gasteiger partial charge is 0.481 e. The predicted octanol–water partition coefficient (Wildman–Crippen LogP) is 0.295. The summed E-state index contributed by atoms with van der Waals surface area (Å²) in [5.74, 6) is -6.30. The number of carbonyl (C=O) groups is 2. The molecule has 120 valence electrons. The first-order chi connectivity index (χ1) is 9.68. The Bertz CT molecular complexity index is 421. The summed E-state index contributed by atoms with van der Waals surface area (Å²) in [4.78, 5) is 33.3. The molecular weight excluding hydrogens is 286 g/mol. The SMILES string of the molecule is CCOC(=O)C(C(=O)O)C(C[N+](=O)[O-])C1COC(C)(C)O1. The van der Waals surface area contributed by atoms with Gasteiger partial charge < -0.3 is 19.3 Å². The van der Waals surface area contributed by atoms with Crippen molar-refractivity contribution >= 4 is 11.9 Å². The molecule has 0 radical (unpaired) electrons. The molecule has 9 nitrogen and oxygen atoms in total. The van der Waals surface area contributed by atoms with E-state index in [1.54, 1.807) is 13.8 Å². The number of aliphatic carboxylic acids is 1.